The monoisotopic (exact) mass is 517 g/mol. The molecule has 0 amide bonds. The molecule has 3 aromatic rings. The standard InChI is InChI=1S/C19H22ClF2N7O2S2/c1-19(3-4-19)27-33(30,31)11-9-12(28-7-2-5-23-6-8-28)13-14(20)24-16(29(13)10-11)18-26-25-17(32-18)15(21)22/h9-10,15,23,27H,2-8H2,1H3. The minimum Gasteiger partial charge on any atom is -0.368 e. The van der Waals surface area contributed by atoms with Crippen LogP contribution in [0, 0.1) is 0 Å². The summed E-state index contributed by atoms with van der Waals surface area (Å²) in [6.45, 7) is 4.78. The Kier molecular flexibility index (Phi) is 5.80. The minimum atomic E-state index is -3.85. The molecule has 2 fully saturated rings. The van der Waals surface area contributed by atoms with Crippen molar-refractivity contribution in [1.29, 1.82) is 0 Å². The van der Waals surface area contributed by atoms with Crippen LogP contribution in [0.2, 0.25) is 5.15 Å². The first-order valence-corrected chi connectivity index (χ1v) is 13.2. The van der Waals surface area contributed by atoms with Crippen molar-refractivity contribution in [2.75, 3.05) is 31.1 Å². The molecular weight excluding hydrogens is 496 g/mol. The Bertz CT molecular complexity index is 1300. The molecule has 14 heteroatoms. The third-order valence-corrected chi connectivity index (χ3v) is 8.63. The van der Waals surface area contributed by atoms with E-state index in [1.165, 1.54) is 10.6 Å². The number of nitrogens with zero attached hydrogens (tertiary/aromatic N) is 5. The van der Waals surface area contributed by atoms with Gasteiger partial charge in [0.05, 0.1) is 5.69 Å². The van der Waals surface area contributed by atoms with Crippen molar-refractivity contribution in [2.24, 2.45) is 0 Å². The average Bonchev–Trinajstić information content (AvgIpc) is 3.22. The molecule has 178 valence electrons. The van der Waals surface area contributed by atoms with Crippen LogP contribution in [0.4, 0.5) is 14.5 Å². The lowest BCUT2D eigenvalue weighted by atomic mass is 10.3. The zero-order valence-corrected chi connectivity index (χ0v) is 20.1. The topological polar surface area (TPSA) is 105 Å². The summed E-state index contributed by atoms with van der Waals surface area (Å²) < 4.78 is 57.0. The van der Waals surface area contributed by atoms with Crippen LogP contribution in [0.25, 0.3) is 16.3 Å². The number of fused-ring (bicyclic) bond motifs is 1. The number of alkyl halides is 2. The highest BCUT2D eigenvalue weighted by atomic mass is 35.5. The van der Waals surface area contributed by atoms with E-state index in [1.54, 1.807) is 6.07 Å². The van der Waals surface area contributed by atoms with Gasteiger partial charge >= 0.3 is 0 Å². The van der Waals surface area contributed by atoms with Crippen LogP contribution in [0.5, 0.6) is 0 Å². The maximum Gasteiger partial charge on any atom is 0.291 e. The van der Waals surface area contributed by atoms with Gasteiger partial charge in [0.1, 0.15) is 10.4 Å². The molecule has 5 rings (SSSR count). The van der Waals surface area contributed by atoms with Crippen molar-refractivity contribution in [3.05, 3.63) is 22.4 Å². The number of aromatic nitrogens is 4. The first-order chi connectivity index (χ1) is 15.7. The van der Waals surface area contributed by atoms with Crippen LogP contribution >= 0.6 is 22.9 Å². The second kappa shape index (κ2) is 8.38. The van der Waals surface area contributed by atoms with E-state index in [0.717, 1.165) is 32.4 Å². The molecule has 4 heterocycles. The second-order valence-electron chi connectivity index (χ2n) is 8.51. The van der Waals surface area contributed by atoms with Gasteiger partial charge in [-0.15, -0.1) is 10.2 Å². The molecule has 0 spiro atoms. The van der Waals surface area contributed by atoms with Gasteiger partial charge in [-0.05, 0) is 38.8 Å². The molecule has 0 aromatic carbocycles. The molecule has 1 aliphatic carbocycles. The number of pyridine rings is 1. The molecule has 0 radical (unpaired) electrons. The lowest BCUT2D eigenvalue weighted by molar-refractivity contribution is 0.150. The predicted molar refractivity (Wildman–Crippen MR) is 122 cm³/mol. The summed E-state index contributed by atoms with van der Waals surface area (Å²) in [4.78, 5) is 6.47. The van der Waals surface area contributed by atoms with Gasteiger partial charge in [0, 0.05) is 31.4 Å². The Morgan fingerprint density at radius 3 is 2.76 bits per heavy atom. The number of anilines is 1. The number of hydrogen-bond donors (Lipinski definition) is 2. The Labute approximate surface area is 198 Å². The Hall–Kier alpha value is -1.93. The minimum absolute atomic E-state index is 0.0456. The average molecular weight is 518 g/mol. The van der Waals surface area contributed by atoms with Crippen molar-refractivity contribution in [1.82, 2.24) is 29.6 Å². The maximum atomic E-state index is 13.2. The van der Waals surface area contributed by atoms with Crippen molar-refractivity contribution in [2.45, 2.75) is 43.0 Å². The number of sulfonamides is 1. The van der Waals surface area contributed by atoms with Gasteiger partial charge in [-0.25, -0.2) is 26.9 Å². The van der Waals surface area contributed by atoms with Crippen molar-refractivity contribution in [3.8, 4) is 10.8 Å². The van der Waals surface area contributed by atoms with Gasteiger partial charge < -0.3 is 10.2 Å². The molecule has 0 atom stereocenters. The van der Waals surface area contributed by atoms with Gasteiger partial charge in [0.2, 0.25) is 10.0 Å². The number of nitrogens with one attached hydrogen (secondary N) is 2. The Morgan fingerprint density at radius 2 is 2.06 bits per heavy atom. The largest absolute Gasteiger partial charge is 0.368 e. The lowest BCUT2D eigenvalue weighted by Crippen LogP contribution is -2.34. The van der Waals surface area contributed by atoms with Crippen LogP contribution in [0.1, 0.15) is 37.6 Å². The number of hydrogen-bond acceptors (Lipinski definition) is 8. The maximum absolute atomic E-state index is 13.2. The van der Waals surface area contributed by atoms with Crippen LogP contribution < -0.4 is 14.9 Å². The quantitative estimate of drug-likeness (QED) is 0.517. The summed E-state index contributed by atoms with van der Waals surface area (Å²) in [7, 11) is -3.85. The normalized spacial score (nSPS) is 18.8. The van der Waals surface area contributed by atoms with E-state index in [9.17, 15) is 17.2 Å². The van der Waals surface area contributed by atoms with Crippen molar-refractivity contribution in [3.63, 3.8) is 0 Å². The summed E-state index contributed by atoms with van der Waals surface area (Å²) in [6.07, 6.45) is 1.05. The summed E-state index contributed by atoms with van der Waals surface area (Å²) in [5.74, 6) is 0.170. The highest BCUT2D eigenvalue weighted by Crippen LogP contribution is 2.39. The smallest absolute Gasteiger partial charge is 0.291 e. The molecule has 9 nitrogen and oxygen atoms in total. The van der Waals surface area contributed by atoms with Crippen LogP contribution in [-0.4, -0.2) is 59.7 Å². The van der Waals surface area contributed by atoms with E-state index in [0.29, 0.717) is 35.6 Å². The third kappa shape index (κ3) is 4.44. The first-order valence-electron chi connectivity index (χ1n) is 10.5. The molecule has 33 heavy (non-hydrogen) atoms. The summed E-state index contributed by atoms with van der Waals surface area (Å²) in [6, 6.07) is 1.61. The summed E-state index contributed by atoms with van der Waals surface area (Å²) in [5, 5.41) is 10.5. The molecular formula is C19H22ClF2N7O2S2. The molecule has 2 aliphatic rings. The number of halogens is 3. The second-order valence-corrected chi connectivity index (χ2v) is 11.6. The fraction of sp³-hybridized carbons (Fsp3) is 0.526. The van der Waals surface area contributed by atoms with Gasteiger partial charge in [-0.2, -0.15) is 0 Å². The van der Waals surface area contributed by atoms with Crippen molar-refractivity contribution >= 4 is 44.2 Å². The molecule has 1 saturated heterocycles. The number of imidazole rings is 1. The molecule has 3 aromatic heterocycles. The van der Waals surface area contributed by atoms with Crippen LogP contribution in [-0.2, 0) is 10.0 Å². The number of rotatable bonds is 6. The molecule has 1 aliphatic heterocycles. The fourth-order valence-corrected chi connectivity index (χ4v) is 6.27. The zero-order chi connectivity index (χ0) is 23.4. The summed E-state index contributed by atoms with van der Waals surface area (Å²) >= 11 is 7.21. The Morgan fingerprint density at radius 1 is 1.27 bits per heavy atom. The van der Waals surface area contributed by atoms with E-state index >= 15 is 0 Å². The third-order valence-electron chi connectivity index (χ3n) is 5.84. The molecule has 1 saturated carbocycles. The van der Waals surface area contributed by atoms with Crippen LogP contribution in [0.3, 0.4) is 0 Å². The fourth-order valence-electron chi connectivity index (χ4n) is 3.84. The molecule has 0 bridgehead atoms. The SMILES string of the molecule is CC1(NS(=O)(=O)c2cc(N3CCCNCC3)c3c(Cl)nc(-c4nnc(C(F)F)s4)n3c2)CC1. The van der Waals surface area contributed by atoms with E-state index in [-0.39, 0.29) is 20.9 Å². The molecule has 0 unspecified atom stereocenters. The lowest BCUT2D eigenvalue weighted by Gasteiger charge is -2.24. The van der Waals surface area contributed by atoms with Gasteiger partial charge in [0.15, 0.2) is 21.0 Å². The first kappa shape index (κ1) is 22.8. The van der Waals surface area contributed by atoms with Gasteiger partial charge in [-0.3, -0.25) is 4.40 Å². The van der Waals surface area contributed by atoms with E-state index < -0.39 is 27.0 Å². The summed E-state index contributed by atoms with van der Waals surface area (Å²) in [5.41, 5.74) is 0.658. The molecule has 2 N–H and O–H groups in total. The highest BCUT2D eigenvalue weighted by Gasteiger charge is 2.41. The van der Waals surface area contributed by atoms with Gasteiger partial charge in [0.25, 0.3) is 6.43 Å². The van der Waals surface area contributed by atoms with E-state index in [2.05, 4.69) is 30.1 Å². The van der Waals surface area contributed by atoms with Crippen LogP contribution in [0.15, 0.2) is 17.2 Å². The van der Waals surface area contributed by atoms with Crippen molar-refractivity contribution < 1.29 is 17.2 Å². The van der Waals surface area contributed by atoms with Gasteiger partial charge in [-0.1, -0.05) is 22.9 Å². The zero-order valence-electron chi connectivity index (χ0n) is 17.7. The van der Waals surface area contributed by atoms with E-state index in [4.69, 9.17) is 11.6 Å². The Balaban J connectivity index is 1.70. The predicted octanol–water partition coefficient (Wildman–Crippen LogP) is 3.07. The highest BCUT2D eigenvalue weighted by molar-refractivity contribution is 7.89. The van der Waals surface area contributed by atoms with E-state index in [1.807, 2.05) is 6.92 Å².